The second-order valence-electron chi connectivity index (χ2n) is 2.04. The van der Waals surface area contributed by atoms with Gasteiger partial charge >= 0.3 is 5.97 Å². The molecule has 74 valence electrons. The molecular weight excluding hydrogens is 179 g/mol. The van der Waals surface area contributed by atoms with E-state index in [2.05, 4.69) is 9.47 Å². The highest BCUT2D eigenvalue weighted by molar-refractivity contribution is 6.17. The minimum absolute atomic E-state index is 0.124. The van der Waals surface area contributed by atoms with Crippen LogP contribution in [-0.2, 0) is 19.1 Å². The number of Topliss-reactive ketones (excluding diaryl/α,β-unsaturated/α-hetero) is 1. The molecular formula is C8H11FO4. The molecule has 0 unspecified atom stereocenters. The molecule has 0 bridgehead atoms. The summed E-state index contributed by atoms with van der Waals surface area (Å²) in [5.41, 5.74) is -0.410. The summed E-state index contributed by atoms with van der Waals surface area (Å²) >= 11 is 0. The predicted molar refractivity (Wildman–Crippen MR) is 42.7 cm³/mol. The number of hydrogen-bond acceptors (Lipinski definition) is 4. The lowest BCUT2D eigenvalue weighted by Crippen LogP contribution is -2.17. The van der Waals surface area contributed by atoms with Crippen LogP contribution in [0.15, 0.2) is 11.8 Å². The molecule has 0 aromatic heterocycles. The van der Waals surface area contributed by atoms with Crippen LogP contribution in [0.1, 0.15) is 6.92 Å². The number of ether oxygens (including phenoxy) is 2. The Morgan fingerprint density at radius 3 is 2.46 bits per heavy atom. The summed E-state index contributed by atoms with van der Waals surface area (Å²) in [6.07, 6.45) is 0.875. The van der Waals surface area contributed by atoms with Crippen molar-refractivity contribution < 1.29 is 23.5 Å². The Labute approximate surface area is 75.3 Å². The van der Waals surface area contributed by atoms with Gasteiger partial charge in [-0.1, -0.05) is 0 Å². The minimum atomic E-state index is -1.24. The van der Waals surface area contributed by atoms with Crippen molar-refractivity contribution in [3.63, 3.8) is 0 Å². The summed E-state index contributed by atoms with van der Waals surface area (Å²) in [6, 6.07) is 0. The average Bonchev–Trinajstić information content (AvgIpc) is 2.13. The maximum atomic E-state index is 11.9. The predicted octanol–water partition coefficient (Wildman–Crippen LogP) is 0.618. The Hall–Kier alpha value is -1.39. The first-order valence-electron chi connectivity index (χ1n) is 3.66. The van der Waals surface area contributed by atoms with Gasteiger partial charge in [-0.15, -0.1) is 0 Å². The van der Waals surface area contributed by atoms with E-state index in [1.54, 1.807) is 6.92 Å². The second kappa shape index (κ2) is 6.16. The summed E-state index contributed by atoms with van der Waals surface area (Å²) in [4.78, 5) is 21.8. The van der Waals surface area contributed by atoms with E-state index < -0.39 is 24.0 Å². The summed E-state index contributed by atoms with van der Waals surface area (Å²) in [5.74, 6) is -1.81. The maximum Gasteiger partial charge on any atom is 0.345 e. The Bertz CT molecular complexity index is 222. The molecule has 0 atom stereocenters. The van der Waals surface area contributed by atoms with Crippen molar-refractivity contribution in [1.29, 1.82) is 0 Å². The zero-order chi connectivity index (χ0) is 10.3. The second-order valence-corrected chi connectivity index (χ2v) is 2.04. The Morgan fingerprint density at radius 2 is 2.08 bits per heavy atom. The van der Waals surface area contributed by atoms with Crippen LogP contribution in [0.3, 0.4) is 0 Å². The molecule has 0 spiro atoms. The molecule has 0 aliphatic carbocycles. The van der Waals surface area contributed by atoms with E-state index >= 15 is 0 Å². The Balaban J connectivity index is 4.52. The molecule has 0 radical (unpaired) electrons. The van der Waals surface area contributed by atoms with Crippen LogP contribution in [0, 0.1) is 0 Å². The van der Waals surface area contributed by atoms with Gasteiger partial charge in [-0.3, -0.25) is 4.79 Å². The normalized spacial score (nSPS) is 10.8. The van der Waals surface area contributed by atoms with Gasteiger partial charge < -0.3 is 9.47 Å². The third-order valence-electron chi connectivity index (χ3n) is 1.15. The largest absolute Gasteiger partial charge is 0.503 e. The quantitative estimate of drug-likeness (QED) is 0.209. The van der Waals surface area contributed by atoms with Crippen molar-refractivity contribution in [2.75, 3.05) is 20.4 Å². The number of carbonyl (C=O) groups is 2. The lowest BCUT2D eigenvalue weighted by molar-refractivity contribution is -0.140. The van der Waals surface area contributed by atoms with Crippen LogP contribution in [0.5, 0.6) is 0 Å². The van der Waals surface area contributed by atoms with Gasteiger partial charge in [0.25, 0.3) is 0 Å². The molecule has 0 rings (SSSR count). The topological polar surface area (TPSA) is 52.6 Å². The van der Waals surface area contributed by atoms with E-state index in [1.807, 2.05) is 0 Å². The number of carbonyl (C=O) groups excluding carboxylic acids is 2. The van der Waals surface area contributed by atoms with E-state index in [-0.39, 0.29) is 6.61 Å². The molecule has 0 aliphatic rings. The monoisotopic (exact) mass is 190 g/mol. The van der Waals surface area contributed by atoms with E-state index in [1.165, 1.54) is 7.11 Å². The first kappa shape index (κ1) is 11.6. The molecule has 0 saturated heterocycles. The lowest BCUT2D eigenvalue weighted by Gasteiger charge is -2.02. The summed E-state index contributed by atoms with van der Waals surface area (Å²) < 4.78 is 20.9. The zero-order valence-corrected chi connectivity index (χ0v) is 7.50. The first-order chi connectivity index (χ1) is 6.17. The van der Waals surface area contributed by atoms with Gasteiger partial charge in [-0.25, -0.2) is 9.18 Å². The average molecular weight is 190 g/mol. The van der Waals surface area contributed by atoms with E-state index in [9.17, 15) is 14.0 Å². The van der Waals surface area contributed by atoms with Crippen LogP contribution >= 0.6 is 0 Å². The third kappa shape index (κ3) is 3.68. The molecule has 0 saturated carbocycles. The van der Waals surface area contributed by atoms with E-state index in [0.717, 1.165) is 6.26 Å². The number of esters is 1. The molecule has 5 heteroatoms. The molecule has 4 nitrogen and oxygen atoms in total. The summed E-state index contributed by atoms with van der Waals surface area (Å²) in [5, 5.41) is 0. The van der Waals surface area contributed by atoms with Gasteiger partial charge in [0.2, 0.25) is 5.78 Å². The number of alkyl halides is 1. The fourth-order valence-corrected chi connectivity index (χ4v) is 0.626. The number of rotatable bonds is 5. The van der Waals surface area contributed by atoms with E-state index in [0.29, 0.717) is 0 Å². The minimum Gasteiger partial charge on any atom is -0.503 e. The Kier molecular flexibility index (Phi) is 5.50. The van der Waals surface area contributed by atoms with Gasteiger partial charge in [0.1, 0.15) is 11.8 Å². The maximum absolute atomic E-state index is 11.9. The Morgan fingerprint density at radius 1 is 1.46 bits per heavy atom. The molecule has 0 aromatic carbocycles. The number of ketones is 1. The molecule has 0 N–H and O–H groups in total. The van der Waals surface area contributed by atoms with Gasteiger partial charge in [0.15, 0.2) is 6.67 Å². The fourth-order valence-electron chi connectivity index (χ4n) is 0.626. The lowest BCUT2D eigenvalue weighted by atomic mass is 10.2. The van der Waals surface area contributed by atoms with Crippen LogP contribution in [-0.4, -0.2) is 32.1 Å². The third-order valence-corrected chi connectivity index (χ3v) is 1.15. The van der Waals surface area contributed by atoms with Crippen LogP contribution < -0.4 is 0 Å². The van der Waals surface area contributed by atoms with Crippen LogP contribution in [0.4, 0.5) is 4.39 Å². The molecule has 0 fully saturated rings. The van der Waals surface area contributed by atoms with Crippen molar-refractivity contribution in [1.82, 2.24) is 0 Å². The van der Waals surface area contributed by atoms with Gasteiger partial charge in [-0.05, 0) is 6.92 Å². The molecule has 0 heterocycles. The van der Waals surface area contributed by atoms with Crippen LogP contribution in [0.2, 0.25) is 0 Å². The van der Waals surface area contributed by atoms with E-state index in [4.69, 9.17) is 0 Å². The summed E-state index contributed by atoms with van der Waals surface area (Å²) in [7, 11) is 1.25. The highest BCUT2D eigenvalue weighted by Gasteiger charge is 2.19. The highest BCUT2D eigenvalue weighted by atomic mass is 19.1. The molecule has 13 heavy (non-hydrogen) atoms. The van der Waals surface area contributed by atoms with Gasteiger partial charge in [0.05, 0.1) is 13.7 Å². The standard InChI is InChI=1S/C8H11FO4/c1-3-13-8(11)6(5-12-2)7(10)4-9/h5H,3-4H2,1-2H3/b6-5-. The van der Waals surface area contributed by atoms with Crippen molar-refractivity contribution in [2.45, 2.75) is 6.92 Å². The van der Waals surface area contributed by atoms with Crippen LogP contribution in [0.25, 0.3) is 0 Å². The van der Waals surface area contributed by atoms with Gasteiger partial charge in [0, 0.05) is 0 Å². The first-order valence-corrected chi connectivity index (χ1v) is 3.66. The molecule has 0 amide bonds. The summed E-state index contributed by atoms with van der Waals surface area (Å²) in [6.45, 7) is 0.468. The van der Waals surface area contributed by atoms with Crippen molar-refractivity contribution in [2.24, 2.45) is 0 Å². The molecule has 0 aromatic rings. The smallest absolute Gasteiger partial charge is 0.345 e. The van der Waals surface area contributed by atoms with Gasteiger partial charge in [-0.2, -0.15) is 0 Å². The van der Waals surface area contributed by atoms with Crippen molar-refractivity contribution >= 4 is 11.8 Å². The molecule has 0 aliphatic heterocycles. The highest BCUT2D eigenvalue weighted by Crippen LogP contribution is 2.01. The number of hydrogen-bond donors (Lipinski definition) is 0. The fraction of sp³-hybridized carbons (Fsp3) is 0.500. The zero-order valence-electron chi connectivity index (χ0n) is 7.50. The SMILES string of the molecule is CCOC(=O)/C(=C\OC)C(=O)CF. The number of halogens is 1. The van der Waals surface area contributed by atoms with Crippen molar-refractivity contribution in [3.05, 3.63) is 11.8 Å². The van der Waals surface area contributed by atoms with Crippen molar-refractivity contribution in [3.8, 4) is 0 Å². The number of methoxy groups -OCH3 is 1.